The van der Waals surface area contributed by atoms with Crippen LogP contribution < -0.4 is 16.0 Å². The average molecular weight is 194 g/mol. The second-order valence-corrected chi connectivity index (χ2v) is 2.65. The van der Waals surface area contributed by atoms with Crippen LogP contribution in [0.5, 0.6) is 5.75 Å². The average Bonchev–Trinajstić information content (AvgIpc) is 2.22. The molecule has 1 unspecified atom stereocenters. The topological polar surface area (TPSA) is 47.3 Å². The zero-order valence-electron chi connectivity index (χ0n) is 7.75. The maximum absolute atomic E-state index is 13.4. The van der Waals surface area contributed by atoms with E-state index >= 15 is 0 Å². The molecule has 3 N–H and O–H groups in total. The number of rotatable bonds is 3. The molecule has 0 fully saturated rings. The van der Waals surface area contributed by atoms with Gasteiger partial charge in [0.2, 0.25) is 0 Å². The van der Waals surface area contributed by atoms with E-state index in [4.69, 9.17) is 17.0 Å². The quantitative estimate of drug-likeness (QED) is 0.428. The van der Waals surface area contributed by atoms with E-state index < -0.39 is 11.9 Å². The monoisotopic (exact) mass is 194 g/mol. The van der Waals surface area contributed by atoms with Crippen molar-refractivity contribution in [2.75, 3.05) is 7.11 Å². The molecule has 0 aliphatic heterocycles. The molecule has 0 amide bonds. The molecule has 0 saturated carbocycles. The second-order valence-electron chi connectivity index (χ2n) is 2.65. The summed E-state index contributed by atoms with van der Waals surface area (Å²) in [6.45, 7) is 0. The molecule has 0 radical (unpaired) electrons. The Morgan fingerprint density at radius 2 is 2.36 bits per heavy atom. The molecule has 4 heteroatoms. The van der Waals surface area contributed by atoms with Crippen LogP contribution in [0, 0.1) is 18.2 Å². The van der Waals surface area contributed by atoms with Crippen molar-refractivity contribution < 1.29 is 9.13 Å². The summed E-state index contributed by atoms with van der Waals surface area (Å²) < 4.78 is 18.2. The van der Waals surface area contributed by atoms with Crippen LogP contribution in [-0.2, 0) is 0 Å². The highest BCUT2D eigenvalue weighted by molar-refractivity contribution is 5.33. The second kappa shape index (κ2) is 4.61. The van der Waals surface area contributed by atoms with Gasteiger partial charge in [-0.3, -0.25) is 5.84 Å². The summed E-state index contributed by atoms with van der Waals surface area (Å²) in [6.07, 6.45) is 5.16. The summed E-state index contributed by atoms with van der Waals surface area (Å²) in [5.41, 5.74) is 2.66. The van der Waals surface area contributed by atoms with Crippen molar-refractivity contribution in [2.45, 2.75) is 6.04 Å². The summed E-state index contributed by atoms with van der Waals surface area (Å²) in [6, 6.07) is 3.80. The summed E-state index contributed by atoms with van der Waals surface area (Å²) >= 11 is 0. The van der Waals surface area contributed by atoms with E-state index in [1.807, 2.05) is 0 Å². The Kier molecular flexibility index (Phi) is 3.46. The molecule has 0 aliphatic rings. The molecule has 1 aromatic rings. The number of terminal acetylenes is 1. The molecular weight excluding hydrogens is 183 g/mol. The van der Waals surface area contributed by atoms with Gasteiger partial charge in [0.05, 0.1) is 7.11 Å². The first kappa shape index (κ1) is 10.5. The SMILES string of the molecule is C#CC(NN)c1ccc(OC)cc1F. The maximum Gasteiger partial charge on any atom is 0.132 e. The number of nitrogens with one attached hydrogen (secondary N) is 1. The Hall–Kier alpha value is -1.57. The first-order chi connectivity index (χ1) is 6.72. The zero-order valence-corrected chi connectivity index (χ0v) is 7.75. The first-order valence-corrected chi connectivity index (χ1v) is 3.98. The fourth-order valence-corrected chi connectivity index (χ4v) is 1.10. The Labute approximate surface area is 82.0 Å². The molecule has 1 aromatic carbocycles. The highest BCUT2D eigenvalue weighted by Crippen LogP contribution is 2.20. The third kappa shape index (κ3) is 2.02. The van der Waals surface area contributed by atoms with Crippen LogP contribution in [0.25, 0.3) is 0 Å². The van der Waals surface area contributed by atoms with E-state index in [0.717, 1.165) is 0 Å². The molecule has 14 heavy (non-hydrogen) atoms. The van der Waals surface area contributed by atoms with Crippen LogP contribution in [0.1, 0.15) is 11.6 Å². The summed E-state index contributed by atoms with van der Waals surface area (Å²) in [4.78, 5) is 0. The predicted molar refractivity (Wildman–Crippen MR) is 51.8 cm³/mol. The third-order valence-corrected chi connectivity index (χ3v) is 1.85. The largest absolute Gasteiger partial charge is 0.497 e. The van der Waals surface area contributed by atoms with Gasteiger partial charge in [-0.1, -0.05) is 5.92 Å². The van der Waals surface area contributed by atoms with Gasteiger partial charge in [0.1, 0.15) is 17.6 Å². The molecule has 0 aromatic heterocycles. The Balaban J connectivity index is 3.06. The zero-order chi connectivity index (χ0) is 10.6. The van der Waals surface area contributed by atoms with Crippen molar-refractivity contribution in [3.05, 3.63) is 29.6 Å². The molecule has 0 aliphatic carbocycles. The first-order valence-electron chi connectivity index (χ1n) is 3.98. The fraction of sp³-hybridized carbons (Fsp3) is 0.200. The number of ether oxygens (including phenoxy) is 1. The number of hydrogen-bond donors (Lipinski definition) is 2. The van der Waals surface area contributed by atoms with Crippen molar-refractivity contribution in [1.29, 1.82) is 0 Å². The number of nitrogens with two attached hydrogens (primary N) is 1. The minimum absolute atomic E-state index is 0.329. The van der Waals surface area contributed by atoms with Gasteiger partial charge in [0.25, 0.3) is 0 Å². The lowest BCUT2D eigenvalue weighted by molar-refractivity contribution is 0.410. The van der Waals surface area contributed by atoms with Gasteiger partial charge in [-0.25, -0.2) is 9.82 Å². The number of hydrazine groups is 1. The minimum atomic E-state index is -0.624. The van der Waals surface area contributed by atoms with E-state index in [-0.39, 0.29) is 0 Å². The van der Waals surface area contributed by atoms with E-state index in [0.29, 0.717) is 11.3 Å². The number of halogens is 1. The standard InChI is InChI=1S/C10H11FN2O/c1-3-10(13-12)8-5-4-7(14-2)6-9(8)11/h1,4-6,10,13H,12H2,2H3. The number of benzene rings is 1. The predicted octanol–water partition coefficient (Wildman–Crippen LogP) is 0.972. The lowest BCUT2D eigenvalue weighted by Gasteiger charge is -2.11. The molecule has 0 spiro atoms. The van der Waals surface area contributed by atoms with E-state index in [1.165, 1.54) is 13.2 Å². The molecule has 74 valence electrons. The van der Waals surface area contributed by atoms with Gasteiger partial charge in [0, 0.05) is 11.6 Å². The molecule has 1 rings (SSSR count). The van der Waals surface area contributed by atoms with Crippen molar-refractivity contribution in [3.63, 3.8) is 0 Å². The smallest absolute Gasteiger partial charge is 0.132 e. The van der Waals surface area contributed by atoms with Gasteiger partial charge < -0.3 is 4.74 Å². The third-order valence-electron chi connectivity index (χ3n) is 1.85. The minimum Gasteiger partial charge on any atom is -0.497 e. The maximum atomic E-state index is 13.4. The lowest BCUT2D eigenvalue weighted by atomic mass is 10.1. The normalized spacial score (nSPS) is 11.9. The van der Waals surface area contributed by atoms with Crippen molar-refractivity contribution in [3.8, 4) is 18.1 Å². The Morgan fingerprint density at radius 3 is 2.79 bits per heavy atom. The summed E-state index contributed by atoms with van der Waals surface area (Å²) in [7, 11) is 1.47. The summed E-state index contributed by atoms with van der Waals surface area (Å²) in [5.74, 6) is 7.50. The number of hydrogen-bond acceptors (Lipinski definition) is 3. The van der Waals surface area contributed by atoms with E-state index in [1.54, 1.807) is 12.1 Å². The van der Waals surface area contributed by atoms with Crippen LogP contribution in [-0.4, -0.2) is 7.11 Å². The summed E-state index contributed by atoms with van der Waals surface area (Å²) in [5, 5.41) is 0. The van der Waals surface area contributed by atoms with E-state index in [9.17, 15) is 4.39 Å². The van der Waals surface area contributed by atoms with Gasteiger partial charge in [-0.2, -0.15) is 0 Å². The molecular formula is C10H11FN2O. The highest BCUT2D eigenvalue weighted by Gasteiger charge is 2.11. The highest BCUT2D eigenvalue weighted by atomic mass is 19.1. The van der Waals surface area contributed by atoms with Crippen LogP contribution in [0.2, 0.25) is 0 Å². The van der Waals surface area contributed by atoms with Crippen molar-refractivity contribution in [2.24, 2.45) is 5.84 Å². The van der Waals surface area contributed by atoms with Gasteiger partial charge in [-0.05, 0) is 12.1 Å². The van der Waals surface area contributed by atoms with Crippen LogP contribution in [0.3, 0.4) is 0 Å². The van der Waals surface area contributed by atoms with Crippen LogP contribution >= 0.6 is 0 Å². The Morgan fingerprint density at radius 1 is 1.64 bits per heavy atom. The van der Waals surface area contributed by atoms with Gasteiger partial charge >= 0.3 is 0 Å². The fourth-order valence-electron chi connectivity index (χ4n) is 1.10. The van der Waals surface area contributed by atoms with Crippen molar-refractivity contribution >= 4 is 0 Å². The van der Waals surface area contributed by atoms with E-state index in [2.05, 4.69) is 11.3 Å². The molecule has 0 saturated heterocycles. The van der Waals surface area contributed by atoms with Crippen LogP contribution in [0.15, 0.2) is 18.2 Å². The molecule has 0 heterocycles. The van der Waals surface area contributed by atoms with Gasteiger partial charge in [-0.15, -0.1) is 6.42 Å². The molecule has 1 atom stereocenters. The lowest BCUT2D eigenvalue weighted by Crippen LogP contribution is -2.27. The van der Waals surface area contributed by atoms with Crippen molar-refractivity contribution in [1.82, 2.24) is 5.43 Å². The Bertz CT molecular complexity index is 360. The van der Waals surface area contributed by atoms with Crippen LogP contribution in [0.4, 0.5) is 4.39 Å². The molecule has 3 nitrogen and oxygen atoms in total. The molecule has 0 bridgehead atoms. The van der Waals surface area contributed by atoms with Gasteiger partial charge in [0.15, 0.2) is 0 Å². The number of methoxy groups -OCH3 is 1.